The molecule has 8 nitrogen and oxygen atoms in total. The zero-order valence-corrected chi connectivity index (χ0v) is 16.3. The predicted octanol–water partition coefficient (Wildman–Crippen LogP) is 2.57. The highest BCUT2D eigenvalue weighted by molar-refractivity contribution is 5.85. The zero-order valence-electron chi connectivity index (χ0n) is 16.3. The first kappa shape index (κ1) is 17.7. The summed E-state index contributed by atoms with van der Waals surface area (Å²) in [6.07, 6.45) is 3.55. The summed E-state index contributed by atoms with van der Waals surface area (Å²) < 4.78 is 2.05. The van der Waals surface area contributed by atoms with Gasteiger partial charge in [-0.15, -0.1) is 0 Å². The summed E-state index contributed by atoms with van der Waals surface area (Å²) in [4.78, 5) is 26.6. The number of aromatic nitrogens is 4. The van der Waals surface area contributed by atoms with Crippen LogP contribution in [0.1, 0.15) is 25.2 Å². The van der Waals surface area contributed by atoms with Crippen LogP contribution < -0.4 is 5.32 Å². The lowest BCUT2D eigenvalue weighted by Gasteiger charge is -2.22. The average molecular weight is 390 g/mol. The number of rotatable bonds is 3. The molecule has 1 aliphatic heterocycles. The van der Waals surface area contributed by atoms with E-state index in [-0.39, 0.29) is 11.9 Å². The SMILES string of the molecule is CNc1ccc(-c2nc([C@H]3C[C@@H](O)CN3C(C)=O)n3c2cnc2[nH]ccc23)cc1. The van der Waals surface area contributed by atoms with Gasteiger partial charge in [0.15, 0.2) is 5.65 Å². The van der Waals surface area contributed by atoms with Crippen molar-refractivity contribution in [1.29, 1.82) is 0 Å². The van der Waals surface area contributed by atoms with E-state index in [2.05, 4.69) is 19.7 Å². The maximum Gasteiger partial charge on any atom is 0.220 e. The van der Waals surface area contributed by atoms with Crippen LogP contribution in [-0.4, -0.2) is 55.0 Å². The minimum atomic E-state index is -0.557. The Bertz CT molecular complexity index is 1210. The van der Waals surface area contributed by atoms with E-state index in [1.54, 1.807) is 11.1 Å². The Morgan fingerprint density at radius 3 is 2.76 bits per heavy atom. The van der Waals surface area contributed by atoms with Crippen LogP contribution in [0.4, 0.5) is 5.69 Å². The molecule has 148 valence electrons. The molecule has 8 heteroatoms. The Morgan fingerprint density at radius 2 is 2.03 bits per heavy atom. The van der Waals surface area contributed by atoms with Crippen LogP contribution in [-0.2, 0) is 4.79 Å². The van der Waals surface area contributed by atoms with Crippen molar-refractivity contribution in [3.63, 3.8) is 0 Å². The molecule has 0 bridgehead atoms. The fraction of sp³-hybridized carbons (Fsp3) is 0.286. The number of hydrogen-bond acceptors (Lipinski definition) is 5. The number of nitrogens with one attached hydrogen (secondary N) is 2. The summed E-state index contributed by atoms with van der Waals surface area (Å²) in [5, 5.41) is 13.4. The van der Waals surface area contributed by atoms with Gasteiger partial charge >= 0.3 is 0 Å². The number of nitrogens with zero attached hydrogens (tertiary/aromatic N) is 4. The number of aliphatic hydroxyl groups is 1. The molecular weight excluding hydrogens is 368 g/mol. The normalized spacial score (nSPS) is 19.3. The first-order chi connectivity index (χ1) is 14.1. The Labute approximate surface area is 167 Å². The van der Waals surface area contributed by atoms with Crippen LogP contribution in [0.15, 0.2) is 42.7 Å². The van der Waals surface area contributed by atoms with Gasteiger partial charge in [-0.25, -0.2) is 9.97 Å². The van der Waals surface area contributed by atoms with Crippen LogP contribution in [0.2, 0.25) is 0 Å². The second kappa shape index (κ2) is 6.59. The predicted molar refractivity (Wildman–Crippen MR) is 111 cm³/mol. The van der Waals surface area contributed by atoms with Crippen molar-refractivity contribution in [2.75, 3.05) is 18.9 Å². The first-order valence-corrected chi connectivity index (χ1v) is 9.64. The largest absolute Gasteiger partial charge is 0.391 e. The molecule has 0 aliphatic carbocycles. The molecular formula is C21H22N6O2. The molecule has 5 rings (SSSR count). The van der Waals surface area contributed by atoms with Crippen molar-refractivity contribution in [2.24, 2.45) is 0 Å². The molecule has 29 heavy (non-hydrogen) atoms. The topological polar surface area (TPSA) is 98.6 Å². The number of hydrogen-bond donors (Lipinski definition) is 3. The number of amides is 1. The quantitative estimate of drug-likeness (QED) is 0.499. The number of carbonyl (C=O) groups excluding carboxylic acids is 1. The number of anilines is 1. The monoisotopic (exact) mass is 390 g/mol. The molecule has 1 amide bonds. The Hall–Kier alpha value is -3.39. The Balaban J connectivity index is 1.76. The smallest absolute Gasteiger partial charge is 0.220 e. The lowest BCUT2D eigenvalue weighted by Crippen LogP contribution is -2.30. The number of benzene rings is 1. The van der Waals surface area contributed by atoms with Crippen molar-refractivity contribution < 1.29 is 9.90 Å². The van der Waals surface area contributed by atoms with Gasteiger partial charge in [0.1, 0.15) is 5.82 Å². The lowest BCUT2D eigenvalue weighted by molar-refractivity contribution is -0.130. The zero-order chi connectivity index (χ0) is 20.1. The first-order valence-electron chi connectivity index (χ1n) is 9.64. The van der Waals surface area contributed by atoms with E-state index < -0.39 is 6.10 Å². The van der Waals surface area contributed by atoms with Gasteiger partial charge in [0, 0.05) is 44.4 Å². The summed E-state index contributed by atoms with van der Waals surface area (Å²) in [7, 11) is 1.88. The second-order valence-corrected chi connectivity index (χ2v) is 7.41. The third-order valence-corrected chi connectivity index (χ3v) is 5.63. The number of aliphatic hydroxyl groups excluding tert-OH is 1. The fourth-order valence-corrected chi connectivity index (χ4v) is 4.22. The van der Waals surface area contributed by atoms with Crippen LogP contribution in [0.5, 0.6) is 0 Å². The fourth-order valence-electron chi connectivity index (χ4n) is 4.22. The number of fused-ring (bicyclic) bond motifs is 3. The van der Waals surface area contributed by atoms with Gasteiger partial charge in [-0.3, -0.25) is 9.20 Å². The molecule has 1 aliphatic rings. The molecule has 0 saturated carbocycles. The maximum absolute atomic E-state index is 12.2. The number of likely N-dealkylation sites (tertiary alicyclic amines) is 1. The minimum Gasteiger partial charge on any atom is -0.391 e. The second-order valence-electron chi connectivity index (χ2n) is 7.41. The summed E-state index contributed by atoms with van der Waals surface area (Å²) in [6.45, 7) is 1.86. The molecule has 1 fully saturated rings. The van der Waals surface area contributed by atoms with E-state index in [1.807, 2.05) is 43.6 Å². The van der Waals surface area contributed by atoms with Crippen molar-refractivity contribution >= 4 is 28.3 Å². The average Bonchev–Trinajstić information content (AvgIpc) is 3.43. The molecule has 2 atom stereocenters. The van der Waals surface area contributed by atoms with Crippen LogP contribution in [0.25, 0.3) is 27.9 Å². The highest BCUT2D eigenvalue weighted by Gasteiger charge is 2.37. The molecule has 4 aromatic rings. The summed E-state index contributed by atoms with van der Waals surface area (Å²) in [6, 6.07) is 9.71. The summed E-state index contributed by atoms with van der Waals surface area (Å²) in [5.41, 5.74) is 5.31. The molecule has 3 N–H and O–H groups in total. The maximum atomic E-state index is 12.2. The van der Waals surface area contributed by atoms with E-state index in [0.29, 0.717) is 13.0 Å². The van der Waals surface area contributed by atoms with E-state index in [1.165, 1.54) is 6.92 Å². The third kappa shape index (κ3) is 2.75. The molecule has 1 saturated heterocycles. The van der Waals surface area contributed by atoms with Crippen molar-refractivity contribution in [3.8, 4) is 11.3 Å². The van der Waals surface area contributed by atoms with Gasteiger partial charge in [0.05, 0.1) is 35.1 Å². The van der Waals surface area contributed by atoms with Gasteiger partial charge in [0.25, 0.3) is 0 Å². The van der Waals surface area contributed by atoms with Crippen molar-refractivity contribution in [1.82, 2.24) is 24.3 Å². The molecule has 0 unspecified atom stereocenters. The standard InChI is InChI=1S/C21H22N6O2/c1-12(28)26-11-15(29)9-17(26)21-25-19(13-3-5-14(22-2)6-4-13)18-10-24-20-16(27(18)21)7-8-23-20/h3-8,10,15,17,22-23,29H,9,11H2,1-2H3/t15-,17-/m1/s1. The Morgan fingerprint density at radius 1 is 1.24 bits per heavy atom. The van der Waals surface area contributed by atoms with Crippen molar-refractivity contribution in [2.45, 2.75) is 25.5 Å². The molecule has 1 aromatic carbocycles. The molecule has 4 heterocycles. The van der Waals surface area contributed by atoms with Gasteiger partial charge in [-0.05, 0) is 18.2 Å². The molecule has 0 spiro atoms. The molecule has 3 aromatic heterocycles. The number of H-pyrrole nitrogens is 1. The van der Waals surface area contributed by atoms with Gasteiger partial charge in [0.2, 0.25) is 5.91 Å². The lowest BCUT2D eigenvalue weighted by atomic mass is 10.1. The van der Waals surface area contributed by atoms with Gasteiger partial charge in [-0.2, -0.15) is 0 Å². The molecule has 0 radical (unpaired) electrons. The van der Waals surface area contributed by atoms with E-state index in [4.69, 9.17) is 4.98 Å². The van der Waals surface area contributed by atoms with Crippen LogP contribution >= 0.6 is 0 Å². The minimum absolute atomic E-state index is 0.0670. The van der Waals surface area contributed by atoms with Gasteiger partial charge < -0.3 is 20.3 Å². The number of imidazole rings is 1. The number of carbonyl (C=O) groups is 1. The highest BCUT2D eigenvalue weighted by Crippen LogP contribution is 2.36. The Kier molecular flexibility index (Phi) is 4.02. The van der Waals surface area contributed by atoms with E-state index in [9.17, 15) is 9.90 Å². The number of β-amino-alcohol motifs (C(OH)–C–C–N with tert-alkyl or cyclic N) is 1. The summed E-state index contributed by atoms with van der Waals surface area (Å²) >= 11 is 0. The van der Waals surface area contributed by atoms with Crippen LogP contribution in [0.3, 0.4) is 0 Å². The third-order valence-electron chi connectivity index (χ3n) is 5.63. The van der Waals surface area contributed by atoms with Crippen LogP contribution in [0, 0.1) is 0 Å². The van der Waals surface area contributed by atoms with E-state index in [0.717, 1.165) is 39.4 Å². The number of aromatic amines is 1. The van der Waals surface area contributed by atoms with Gasteiger partial charge in [-0.1, -0.05) is 12.1 Å². The van der Waals surface area contributed by atoms with Crippen molar-refractivity contribution in [3.05, 3.63) is 48.5 Å². The van der Waals surface area contributed by atoms with E-state index >= 15 is 0 Å². The highest BCUT2D eigenvalue weighted by atomic mass is 16.3. The summed E-state index contributed by atoms with van der Waals surface area (Å²) in [5.74, 6) is 0.675.